The predicted octanol–water partition coefficient (Wildman–Crippen LogP) is 0.588. The van der Waals surface area contributed by atoms with Crippen molar-refractivity contribution in [1.82, 2.24) is 9.62 Å². The van der Waals surface area contributed by atoms with Gasteiger partial charge >= 0.3 is 0 Å². The van der Waals surface area contributed by atoms with Crippen LogP contribution in [0.2, 0.25) is 0 Å². The van der Waals surface area contributed by atoms with E-state index < -0.39 is 10.0 Å². The number of amides is 1. The highest BCUT2D eigenvalue weighted by Crippen LogP contribution is 2.34. The molecule has 3 fully saturated rings. The molecule has 1 aliphatic carbocycles. The Bertz CT molecular complexity index is 530. The molecule has 2 heterocycles. The fraction of sp³-hybridized carbons (Fsp3) is 0.933. The lowest BCUT2D eigenvalue weighted by atomic mass is 9.99. The van der Waals surface area contributed by atoms with Gasteiger partial charge in [-0.25, -0.2) is 8.42 Å². The zero-order chi connectivity index (χ0) is 15.9. The van der Waals surface area contributed by atoms with Gasteiger partial charge in [0.05, 0.1) is 23.9 Å². The molecule has 22 heavy (non-hydrogen) atoms. The van der Waals surface area contributed by atoms with Crippen LogP contribution in [-0.4, -0.2) is 56.2 Å². The van der Waals surface area contributed by atoms with Crippen LogP contribution < -0.4 is 5.32 Å². The lowest BCUT2D eigenvalue weighted by Crippen LogP contribution is -2.49. The van der Waals surface area contributed by atoms with Gasteiger partial charge in [0.2, 0.25) is 15.9 Å². The first kappa shape index (κ1) is 16.2. The second kappa shape index (κ2) is 6.09. The largest absolute Gasteiger partial charge is 0.371 e. The van der Waals surface area contributed by atoms with Crippen LogP contribution in [0.5, 0.6) is 0 Å². The Morgan fingerprint density at radius 3 is 2.68 bits per heavy atom. The van der Waals surface area contributed by atoms with Gasteiger partial charge in [0.25, 0.3) is 0 Å². The highest BCUT2D eigenvalue weighted by atomic mass is 32.2. The minimum atomic E-state index is -3.25. The molecule has 3 aliphatic rings. The van der Waals surface area contributed by atoms with Gasteiger partial charge in [-0.15, -0.1) is 0 Å². The Hall–Kier alpha value is -0.660. The minimum Gasteiger partial charge on any atom is -0.371 e. The maximum Gasteiger partial charge on any atom is 0.225 e. The van der Waals surface area contributed by atoms with Crippen LogP contribution in [0, 0.1) is 17.8 Å². The third-order valence-corrected chi connectivity index (χ3v) is 6.83. The molecule has 0 spiro atoms. The summed E-state index contributed by atoms with van der Waals surface area (Å²) in [5.41, 5.74) is 0. The number of nitrogens with one attached hydrogen (secondary N) is 1. The number of rotatable bonds is 6. The van der Waals surface area contributed by atoms with Crippen LogP contribution >= 0.6 is 0 Å². The van der Waals surface area contributed by atoms with E-state index in [9.17, 15) is 13.2 Å². The third kappa shape index (κ3) is 3.63. The van der Waals surface area contributed by atoms with E-state index in [2.05, 4.69) is 5.32 Å². The summed E-state index contributed by atoms with van der Waals surface area (Å²) in [5.74, 6) is 0.729. The average Bonchev–Trinajstić information content (AvgIpc) is 3.20. The Balaban J connectivity index is 1.60. The van der Waals surface area contributed by atoms with Crippen molar-refractivity contribution in [3.63, 3.8) is 0 Å². The molecule has 126 valence electrons. The van der Waals surface area contributed by atoms with Crippen molar-refractivity contribution in [2.24, 2.45) is 17.8 Å². The highest BCUT2D eigenvalue weighted by Gasteiger charge is 2.47. The van der Waals surface area contributed by atoms with E-state index in [4.69, 9.17) is 4.74 Å². The Morgan fingerprint density at radius 1 is 1.32 bits per heavy atom. The molecular weight excluding hydrogens is 304 g/mol. The maximum atomic E-state index is 12.4. The topological polar surface area (TPSA) is 75.7 Å². The number of nitrogens with zero attached hydrogens (tertiary/aromatic N) is 1. The summed E-state index contributed by atoms with van der Waals surface area (Å²) in [6.45, 7) is 5.26. The molecule has 6 nitrogen and oxygen atoms in total. The zero-order valence-corrected chi connectivity index (χ0v) is 14.1. The van der Waals surface area contributed by atoms with Crippen molar-refractivity contribution in [3.05, 3.63) is 0 Å². The van der Waals surface area contributed by atoms with E-state index in [1.807, 2.05) is 13.8 Å². The van der Waals surface area contributed by atoms with E-state index in [0.29, 0.717) is 25.4 Å². The molecule has 3 atom stereocenters. The van der Waals surface area contributed by atoms with E-state index in [1.165, 1.54) is 17.1 Å². The lowest BCUT2D eigenvalue weighted by Gasteiger charge is -2.32. The van der Waals surface area contributed by atoms with Crippen LogP contribution in [0.1, 0.15) is 33.1 Å². The first-order valence-electron chi connectivity index (χ1n) is 8.26. The lowest BCUT2D eigenvalue weighted by molar-refractivity contribution is -0.127. The minimum absolute atomic E-state index is 0.0301. The molecule has 7 heteroatoms. The second-order valence-electron chi connectivity index (χ2n) is 7.32. The molecular formula is C15H26N2O4S. The summed E-state index contributed by atoms with van der Waals surface area (Å²) in [6.07, 6.45) is 2.61. The van der Waals surface area contributed by atoms with Crippen LogP contribution in [0.15, 0.2) is 0 Å². The monoisotopic (exact) mass is 330 g/mol. The number of ether oxygens (including phenoxy) is 1. The first-order chi connectivity index (χ1) is 10.3. The van der Waals surface area contributed by atoms with Crippen molar-refractivity contribution in [2.45, 2.75) is 45.3 Å². The van der Waals surface area contributed by atoms with Crippen LogP contribution in [0.4, 0.5) is 0 Å². The number of sulfonamides is 1. The average molecular weight is 330 g/mol. The Morgan fingerprint density at radius 2 is 2.05 bits per heavy atom. The molecule has 2 aliphatic heterocycles. The SMILES string of the molecule is CC(C)CS(=O)(=O)N1C[C@H]2C[C@H](C(=O)NCC3CC3)[C@@H](C1)O2. The van der Waals surface area contributed by atoms with Crippen LogP contribution in [0.25, 0.3) is 0 Å². The number of carbonyl (C=O) groups excluding carboxylic acids is 1. The number of carbonyl (C=O) groups is 1. The molecule has 0 aromatic rings. The number of hydrogen-bond acceptors (Lipinski definition) is 4. The van der Waals surface area contributed by atoms with Crippen molar-refractivity contribution in [1.29, 1.82) is 0 Å². The summed E-state index contributed by atoms with van der Waals surface area (Å²) < 4.78 is 32.1. The number of morpholine rings is 1. The van der Waals surface area contributed by atoms with Crippen molar-refractivity contribution in [3.8, 4) is 0 Å². The van der Waals surface area contributed by atoms with Crippen molar-refractivity contribution in [2.75, 3.05) is 25.4 Å². The molecule has 3 rings (SSSR count). The molecule has 0 aromatic carbocycles. The number of hydrogen-bond donors (Lipinski definition) is 1. The van der Waals surface area contributed by atoms with Gasteiger partial charge in [-0.2, -0.15) is 4.31 Å². The predicted molar refractivity (Wildman–Crippen MR) is 82.7 cm³/mol. The first-order valence-corrected chi connectivity index (χ1v) is 9.87. The summed E-state index contributed by atoms with van der Waals surface area (Å²) in [7, 11) is -3.25. The maximum absolute atomic E-state index is 12.4. The standard InChI is InChI=1S/C15H26N2O4S/c1-10(2)9-22(19,20)17-7-12-5-13(14(8-17)21-12)15(18)16-6-11-3-4-11/h10-14H,3-9H2,1-2H3,(H,16,18)/t12-,13+,14-/m1/s1. The van der Waals surface area contributed by atoms with Crippen molar-refractivity contribution >= 4 is 15.9 Å². The molecule has 0 radical (unpaired) electrons. The van der Waals surface area contributed by atoms with Gasteiger partial charge in [-0.05, 0) is 31.1 Å². The highest BCUT2D eigenvalue weighted by molar-refractivity contribution is 7.89. The van der Waals surface area contributed by atoms with Crippen LogP contribution in [-0.2, 0) is 19.6 Å². The van der Waals surface area contributed by atoms with Gasteiger partial charge in [0, 0.05) is 19.6 Å². The van der Waals surface area contributed by atoms with E-state index in [1.54, 1.807) is 0 Å². The molecule has 2 bridgehead atoms. The smallest absolute Gasteiger partial charge is 0.225 e. The van der Waals surface area contributed by atoms with E-state index in [0.717, 1.165) is 6.54 Å². The van der Waals surface area contributed by atoms with E-state index in [-0.39, 0.29) is 35.7 Å². The zero-order valence-electron chi connectivity index (χ0n) is 13.3. The fourth-order valence-corrected chi connectivity index (χ4v) is 5.17. The quantitative estimate of drug-likeness (QED) is 0.773. The summed E-state index contributed by atoms with van der Waals surface area (Å²) in [6, 6.07) is 0. The molecule has 1 amide bonds. The van der Waals surface area contributed by atoms with Gasteiger partial charge in [0.15, 0.2) is 0 Å². The molecule has 2 saturated heterocycles. The van der Waals surface area contributed by atoms with E-state index >= 15 is 0 Å². The molecule has 1 N–H and O–H groups in total. The fourth-order valence-electron chi connectivity index (χ4n) is 3.35. The molecule has 0 aromatic heterocycles. The molecule has 0 unspecified atom stereocenters. The summed E-state index contributed by atoms with van der Waals surface area (Å²) >= 11 is 0. The van der Waals surface area contributed by atoms with Gasteiger partial charge < -0.3 is 10.1 Å². The van der Waals surface area contributed by atoms with Gasteiger partial charge in [0.1, 0.15) is 0 Å². The Kier molecular flexibility index (Phi) is 4.49. The van der Waals surface area contributed by atoms with Crippen LogP contribution in [0.3, 0.4) is 0 Å². The van der Waals surface area contributed by atoms with Crippen molar-refractivity contribution < 1.29 is 17.9 Å². The normalized spacial score (nSPS) is 32.4. The third-order valence-electron chi connectivity index (χ3n) is 4.66. The summed E-state index contributed by atoms with van der Waals surface area (Å²) in [5, 5.41) is 3.00. The van der Waals surface area contributed by atoms with Gasteiger partial charge in [-0.1, -0.05) is 13.8 Å². The Labute approximate surface area is 132 Å². The summed E-state index contributed by atoms with van der Waals surface area (Å²) in [4.78, 5) is 12.3. The number of fused-ring (bicyclic) bond motifs is 2. The molecule has 1 saturated carbocycles. The second-order valence-corrected chi connectivity index (χ2v) is 9.33. The van der Waals surface area contributed by atoms with Gasteiger partial charge in [-0.3, -0.25) is 4.79 Å².